The summed E-state index contributed by atoms with van der Waals surface area (Å²) in [5.74, 6) is -0.765. The molecule has 5 nitrogen and oxygen atoms in total. The van der Waals surface area contributed by atoms with Gasteiger partial charge in [-0.2, -0.15) is 0 Å². The van der Waals surface area contributed by atoms with Crippen molar-refractivity contribution in [2.45, 2.75) is 6.92 Å². The quantitative estimate of drug-likeness (QED) is 0.716. The zero-order chi connectivity index (χ0) is 17.8. The van der Waals surface area contributed by atoms with Crippen LogP contribution >= 0.6 is 11.3 Å². The average molecular weight is 352 g/mol. The smallest absolute Gasteiger partial charge is 0.337 e. The van der Waals surface area contributed by atoms with Crippen LogP contribution in [0.1, 0.15) is 26.4 Å². The van der Waals surface area contributed by atoms with Crippen LogP contribution in [0.15, 0.2) is 53.9 Å². The largest absolute Gasteiger partial charge is 0.465 e. The molecule has 0 fully saturated rings. The van der Waals surface area contributed by atoms with Crippen molar-refractivity contribution >= 4 is 28.9 Å². The van der Waals surface area contributed by atoms with E-state index in [1.807, 2.05) is 37.3 Å². The molecule has 6 heteroatoms. The van der Waals surface area contributed by atoms with Gasteiger partial charge in [0.25, 0.3) is 5.91 Å². The number of anilines is 1. The molecular weight excluding hydrogens is 336 g/mol. The molecule has 3 aromatic rings. The van der Waals surface area contributed by atoms with E-state index in [1.54, 1.807) is 23.6 Å². The number of ether oxygens (including phenoxy) is 1. The van der Waals surface area contributed by atoms with Gasteiger partial charge in [0.1, 0.15) is 10.7 Å². The maximum absolute atomic E-state index is 12.5. The summed E-state index contributed by atoms with van der Waals surface area (Å²) < 4.78 is 4.71. The van der Waals surface area contributed by atoms with Crippen molar-refractivity contribution in [3.63, 3.8) is 0 Å². The molecule has 0 aliphatic heterocycles. The van der Waals surface area contributed by atoms with E-state index in [-0.39, 0.29) is 5.91 Å². The minimum Gasteiger partial charge on any atom is -0.465 e. The van der Waals surface area contributed by atoms with E-state index in [0.717, 1.165) is 16.1 Å². The van der Waals surface area contributed by atoms with Gasteiger partial charge in [-0.3, -0.25) is 4.79 Å². The topological polar surface area (TPSA) is 68.3 Å². The van der Waals surface area contributed by atoms with Gasteiger partial charge in [-0.05, 0) is 24.6 Å². The number of thiazole rings is 1. The summed E-state index contributed by atoms with van der Waals surface area (Å²) in [7, 11) is 1.32. The lowest BCUT2D eigenvalue weighted by atomic mass is 10.1. The van der Waals surface area contributed by atoms with Gasteiger partial charge in [0, 0.05) is 16.6 Å². The van der Waals surface area contributed by atoms with Crippen LogP contribution in [0.2, 0.25) is 0 Å². The number of carbonyl (C=O) groups is 2. The first kappa shape index (κ1) is 16.9. The highest BCUT2D eigenvalue weighted by Crippen LogP contribution is 2.24. The number of amides is 1. The molecule has 3 rings (SSSR count). The molecule has 0 atom stereocenters. The van der Waals surface area contributed by atoms with Crippen molar-refractivity contribution in [1.29, 1.82) is 0 Å². The average Bonchev–Trinajstić information content (AvgIpc) is 3.14. The lowest BCUT2D eigenvalue weighted by Crippen LogP contribution is -2.14. The number of esters is 1. The first-order chi connectivity index (χ1) is 12.1. The summed E-state index contributed by atoms with van der Waals surface area (Å²) >= 11 is 1.41. The van der Waals surface area contributed by atoms with Crippen LogP contribution in [-0.2, 0) is 4.74 Å². The minimum atomic E-state index is -0.449. The van der Waals surface area contributed by atoms with Crippen LogP contribution in [0, 0.1) is 6.92 Å². The number of nitrogens with zero attached hydrogens (tertiary/aromatic N) is 1. The third kappa shape index (κ3) is 3.75. The van der Waals surface area contributed by atoms with Gasteiger partial charge < -0.3 is 10.1 Å². The Bertz CT molecular complexity index is 919. The van der Waals surface area contributed by atoms with Crippen LogP contribution in [0.25, 0.3) is 10.6 Å². The Morgan fingerprint density at radius 2 is 1.88 bits per heavy atom. The fourth-order valence-electron chi connectivity index (χ4n) is 2.28. The van der Waals surface area contributed by atoms with E-state index in [9.17, 15) is 9.59 Å². The molecule has 0 spiro atoms. The molecule has 0 aliphatic carbocycles. The van der Waals surface area contributed by atoms with Crippen LogP contribution in [0.5, 0.6) is 0 Å². The molecule has 126 valence electrons. The SMILES string of the molecule is COC(=O)c1ccc(C)c(NC(=O)c2csc(-c3ccccc3)n2)c1. The maximum Gasteiger partial charge on any atom is 0.337 e. The van der Waals surface area contributed by atoms with Gasteiger partial charge >= 0.3 is 5.97 Å². The molecule has 2 aromatic carbocycles. The third-order valence-electron chi connectivity index (χ3n) is 3.66. The second-order valence-electron chi connectivity index (χ2n) is 5.38. The number of benzene rings is 2. The highest BCUT2D eigenvalue weighted by atomic mass is 32.1. The van der Waals surface area contributed by atoms with Crippen molar-refractivity contribution in [2.24, 2.45) is 0 Å². The van der Waals surface area contributed by atoms with Gasteiger partial charge in [0.2, 0.25) is 0 Å². The van der Waals surface area contributed by atoms with Crippen molar-refractivity contribution in [2.75, 3.05) is 12.4 Å². The number of aryl methyl sites for hydroxylation is 1. The second-order valence-corrected chi connectivity index (χ2v) is 6.24. The third-order valence-corrected chi connectivity index (χ3v) is 4.56. The first-order valence-corrected chi connectivity index (χ1v) is 8.47. The number of rotatable bonds is 4. The van der Waals surface area contributed by atoms with Crippen LogP contribution in [0.3, 0.4) is 0 Å². The standard InChI is InChI=1S/C19H16N2O3S/c1-12-8-9-14(19(23)24-2)10-15(12)20-17(22)16-11-25-18(21-16)13-6-4-3-5-7-13/h3-11H,1-2H3,(H,20,22). The second kappa shape index (κ2) is 7.27. The predicted molar refractivity (Wildman–Crippen MR) is 98.0 cm³/mol. The van der Waals surface area contributed by atoms with E-state index in [0.29, 0.717) is 16.9 Å². The number of hydrogen-bond acceptors (Lipinski definition) is 5. The fourth-order valence-corrected chi connectivity index (χ4v) is 3.09. The van der Waals surface area contributed by atoms with Crippen LogP contribution in [0.4, 0.5) is 5.69 Å². The number of hydrogen-bond donors (Lipinski definition) is 1. The lowest BCUT2D eigenvalue weighted by Gasteiger charge is -2.09. The van der Waals surface area contributed by atoms with Gasteiger partial charge in [0.15, 0.2) is 0 Å². The molecule has 0 radical (unpaired) electrons. The van der Waals surface area contributed by atoms with Gasteiger partial charge in [-0.1, -0.05) is 36.4 Å². The van der Waals surface area contributed by atoms with E-state index < -0.39 is 5.97 Å². The molecule has 0 aliphatic rings. The van der Waals surface area contributed by atoms with Crippen molar-refractivity contribution in [3.8, 4) is 10.6 Å². The Hall–Kier alpha value is -2.99. The molecule has 0 bridgehead atoms. The Morgan fingerprint density at radius 1 is 1.12 bits per heavy atom. The van der Waals surface area contributed by atoms with Crippen molar-refractivity contribution in [3.05, 3.63) is 70.7 Å². The maximum atomic E-state index is 12.5. The van der Waals surface area contributed by atoms with E-state index in [1.165, 1.54) is 18.4 Å². The number of carbonyl (C=O) groups excluding carboxylic acids is 2. The van der Waals surface area contributed by atoms with Gasteiger partial charge in [0.05, 0.1) is 12.7 Å². The van der Waals surface area contributed by atoms with E-state index >= 15 is 0 Å². The molecule has 1 amide bonds. The number of nitrogens with one attached hydrogen (secondary N) is 1. The normalized spacial score (nSPS) is 10.3. The molecule has 0 unspecified atom stereocenters. The van der Waals surface area contributed by atoms with E-state index in [4.69, 9.17) is 4.74 Å². The molecule has 1 N–H and O–H groups in total. The molecule has 25 heavy (non-hydrogen) atoms. The molecule has 1 heterocycles. The summed E-state index contributed by atoms with van der Waals surface area (Å²) in [6.45, 7) is 1.85. The lowest BCUT2D eigenvalue weighted by molar-refractivity contribution is 0.0600. The van der Waals surface area contributed by atoms with Crippen LogP contribution < -0.4 is 5.32 Å². The fraction of sp³-hybridized carbons (Fsp3) is 0.105. The molecular formula is C19H16N2O3S. The summed E-state index contributed by atoms with van der Waals surface area (Å²) in [5.41, 5.74) is 3.09. The molecule has 0 saturated carbocycles. The highest BCUT2D eigenvalue weighted by Gasteiger charge is 2.14. The van der Waals surface area contributed by atoms with Crippen LogP contribution in [-0.4, -0.2) is 24.0 Å². The van der Waals surface area contributed by atoms with Crippen molar-refractivity contribution < 1.29 is 14.3 Å². The Kier molecular flexibility index (Phi) is 4.90. The summed E-state index contributed by atoms with van der Waals surface area (Å²) in [5, 5.41) is 5.31. The summed E-state index contributed by atoms with van der Waals surface area (Å²) in [6.07, 6.45) is 0. The Labute approximate surface area is 149 Å². The van der Waals surface area contributed by atoms with Crippen molar-refractivity contribution in [1.82, 2.24) is 4.98 Å². The summed E-state index contributed by atoms with van der Waals surface area (Å²) in [6, 6.07) is 14.7. The molecule has 0 saturated heterocycles. The minimum absolute atomic E-state index is 0.316. The zero-order valence-electron chi connectivity index (χ0n) is 13.8. The Balaban J connectivity index is 1.81. The highest BCUT2D eigenvalue weighted by molar-refractivity contribution is 7.13. The predicted octanol–water partition coefficient (Wildman–Crippen LogP) is 4.16. The van der Waals surface area contributed by atoms with E-state index in [2.05, 4.69) is 10.3 Å². The number of aromatic nitrogens is 1. The van der Waals surface area contributed by atoms with Gasteiger partial charge in [-0.15, -0.1) is 11.3 Å². The Morgan fingerprint density at radius 3 is 2.60 bits per heavy atom. The van der Waals surface area contributed by atoms with Gasteiger partial charge in [-0.25, -0.2) is 9.78 Å². The zero-order valence-corrected chi connectivity index (χ0v) is 14.6. The summed E-state index contributed by atoms with van der Waals surface area (Å²) in [4.78, 5) is 28.5. The monoisotopic (exact) mass is 352 g/mol. The first-order valence-electron chi connectivity index (χ1n) is 7.60. The molecule has 1 aromatic heterocycles. The number of methoxy groups -OCH3 is 1.